The van der Waals surface area contributed by atoms with E-state index in [2.05, 4.69) is 26.0 Å². The van der Waals surface area contributed by atoms with E-state index in [-0.39, 0.29) is 38.6 Å². The van der Waals surface area contributed by atoms with Crippen molar-refractivity contribution in [2.75, 3.05) is 26.4 Å². The number of carbonyl (C=O) groups is 2. The summed E-state index contributed by atoms with van der Waals surface area (Å²) in [6.45, 7) is 3.79. The molecule has 0 aromatic rings. The van der Waals surface area contributed by atoms with Crippen LogP contribution in [0.5, 0.6) is 0 Å². The molecule has 0 saturated heterocycles. The first-order valence-corrected chi connectivity index (χ1v) is 28.7. The largest absolute Gasteiger partial charge is 0.472 e. The summed E-state index contributed by atoms with van der Waals surface area (Å²) in [4.78, 5) is 35.1. The Labute approximate surface area is 389 Å². The molecule has 0 heterocycles. The molecule has 9 nitrogen and oxygen atoms in total. The van der Waals surface area contributed by atoms with Crippen molar-refractivity contribution < 1.29 is 37.6 Å². The van der Waals surface area contributed by atoms with Gasteiger partial charge >= 0.3 is 19.8 Å². The van der Waals surface area contributed by atoms with Gasteiger partial charge in [-0.05, 0) is 38.5 Å². The van der Waals surface area contributed by atoms with Crippen LogP contribution < -0.4 is 5.73 Å². The number of hydrogen-bond acceptors (Lipinski definition) is 8. The first kappa shape index (κ1) is 61.8. The summed E-state index contributed by atoms with van der Waals surface area (Å²) in [6, 6.07) is 0. The number of phosphoric acid groups is 1. The highest BCUT2D eigenvalue weighted by atomic mass is 31.2. The molecule has 0 aliphatic heterocycles. The highest BCUT2D eigenvalue weighted by molar-refractivity contribution is 7.47. The van der Waals surface area contributed by atoms with E-state index in [1.165, 1.54) is 205 Å². The minimum atomic E-state index is -4.38. The van der Waals surface area contributed by atoms with Gasteiger partial charge in [0.15, 0.2) is 6.10 Å². The molecule has 0 aromatic carbocycles. The van der Waals surface area contributed by atoms with Crippen LogP contribution in [-0.4, -0.2) is 49.3 Å². The Bertz CT molecular complexity index is 1040. The second-order valence-electron chi connectivity index (χ2n) is 18.5. The monoisotopic (exact) mass is 914 g/mol. The molecule has 0 spiro atoms. The fourth-order valence-electron chi connectivity index (χ4n) is 8.10. The minimum Gasteiger partial charge on any atom is -0.462 e. The summed E-state index contributed by atoms with van der Waals surface area (Å²) < 4.78 is 33.0. The van der Waals surface area contributed by atoms with Gasteiger partial charge in [-0.15, -0.1) is 0 Å². The molecule has 374 valence electrons. The summed E-state index contributed by atoms with van der Waals surface area (Å²) in [7, 11) is -4.38. The van der Waals surface area contributed by atoms with Crippen LogP contribution >= 0.6 is 7.82 Å². The van der Waals surface area contributed by atoms with Gasteiger partial charge in [-0.3, -0.25) is 18.6 Å². The van der Waals surface area contributed by atoms with Crippen molar-refractivity contribution in [3.8, 4) is 0 Å². The highest BCUT2D eigenvalue weighted by Crippen LogP contribution is 2.43. The normalized spacial score (nSPS) is 13.1. The Kier molecular flexibility index (Phi) is 49.2. The number of nitrogens with two attached hydrogens (primary N) is 1. The fourth-order valence-corrected chi connectivity index (χ4v) is 8.87. The van der Waals surface area contributed by atoms with Gasteiger partial charge in [0.25, 0.3) is 0 Å². The molecule has 63 heavy (non-hydrogen) atoms. The van der Waals surface area contributed by atoms with Gasteiger partial charge in [0.1, 0.15) is 6.61 Å². The number of esters is 2. The number of unbranched alkanes of at least 4 members (excludes halogenated alkanes) is 37. The molecule has 2 atom stereocenters. The molecule has 3 N–H and O–H groups in total. The zero-order valence-electron chi connectivity index (χ0n) is 41.6. The average molecular weight is 914 g/mol. The smallest absolute Gasteiger partial charge is 0.462 e. The first-order valence-electron chi connectivity index (χ1n) is 27.2. The molecule has 0 radical (unpaired) electrons. The lowest BCUT2D eigenvalue weighted by atomic mass is 10.0. The number of rotatable bonds is 52. The lowest BCUT2D eigenvalue weighted by Gasteiger charge is -2.19. The highest BCUT2D eigenvalue weighted by Gasteiger charge is 2.26. The number of hydrogen-bond donors (Lipinski definition) is 2. The SMILES string of the molecule is CCCCCCCCC/C=C\CCCCCCCCCC(=O)OC(COC(=O)CCCCCCCCCCCCCCCCCCCCCCCCCC)COP(=O)(O)OCCN. The van der Waals surface area contributed by atoms with E-state index in [4.69, 9.17) is 24.3 Å². The van der Waals surface area contributed by atoms with Crippen molar-refractivity contribution in [3.63, 3.8) is 0 Å². The topological polar surface area (TPSA) is 134 Å². The van der Waals surface area contributed by atoms with Gasteiger partial charge in [0, 0.05) is 19.4 Å². The number of carbonyl (C=O) groups excluding carboxylic acids is 2. The zero-order chi connectivity index (χ0) is 46.0. The number of ether oxygens (including phenoxy) is 2. The van der Waals surface area contributed by atoms with Crippen LogP contribution in [0.2, 0.25) is 0 Å². The Morgan fingerprint density at radius 2 is 0.778 bits per heavy atom. The summed E-state index contributed by atoms with van der Waals surface area (Å²) in [5, 5.41) is 0. The molecule has 0 rings (SSSR count). The van der Waals surface area contributed by atoms with Gasteiger partial charge < -0.3 is 20.1 Å². The van der Waals surface area contributed by atoms with Crippen molar-refractivity contribution in [3.05, 3.63) is 12.2 Å². The van der Waals surface area contributed by atoms with Crippen LogP contribution in [0, 0.1) is 0 Å². The third-order valence-electron chi connectivity index (χ3n) is 12.2. The number of phosphoric ester groups is 1. The van der Waals surface area contributed by atoms with Gasteiger partial charge in [-0.1, -0.05) is 244 Å². The number of allylic oxidation sites excluding steroid dienone is 2. The predicted octanol–water partition coefficient (Wildman–Crippen LogP) is 16.5. The van der Waals surface area contributed by atoms with Crippen molar-refractivity contribution in [2.24, 2.45) is 5.73 Å². The molecule has 0 amide bonds. The maximum absolute atomic E-state index is 12.7. The molecule has 0 bridgehead atoms. The van der Waals surface area contributed by atoms with E-state index < -0.39 is 26.5 Å². The molecule has 0 fully saturated rings. The van der Waals surface area contributed by atoms with Crippen molar-refractivity contribution in [1.29, 1.82) is 0 Å². The molecule has 0 aliphatic rings. The third-order valence-corrected chi connectivity index (χ3v) is 13.1. The Balaban J connectivity index is 3.95. The lowest BCUT2D eigenvalue weighted by Crippen LogP contribution is -2.29. The Morgan fingerprint density at radius 1 is 0.460 bits per heavy atom. The predicted molar refractivity (Wildman–Crippen MR) is 266 cm³/mol. The van der Waals surface area contributed by atoms with Crippen LogP contribution in [0.25, 0.3) is 0 Å². The summed E-state index contributed by atoms with van der Waals surface area (Å²) in [5.41, 5.74) is 5.37. The van der Waals surface area contributed by atoms with Crippen molar-refractivity contribution >= 4 is 19.8 Å². The second-order valence-corrected chi connectivity index (χ2v) is 19.9. The van der Waals surface area contributed by atoms with E-state index in [0.29, 0.717) is 6.42 Å². The van der Waals surface area contributed by atoms with E-state index in [1.807, 2.05) is 0 Å². The van der Waals surface area contributed by atoms with Crippen LogP contribution in [0.1, 0.15) is 284 Å². The van der Waals surface area contributed by atoms with E-state index in [0.717, 1.165) is 44.9 Å². The van der Waals surface area contributed by atoms with Gasteiger partial charge in [-0.2, -0.15) is 0 Å². The Morgan fingerprint density at radius 3 is 1.13 bits per heavy atom. The quantitative estimate of drug-likeness (QED) is 0.0265. The van der Waals surface area contributed by atoms with Crippen LogP contribution in [0.4, 0.5) is 0 Å². The maximum atomic E-state index is 12.7. The Hall–Kier alpha value is -1.25. The van der Waals surface area contributed by atoms with E-state index >= 15 is 0 Å². The third kappa shape index (κ3) is 50.0. The zero-order valence-corrected chi connectivity index (χ0v) is 42.5. The standard InChI is InChI=1S/C53H104NO8P/c1-3-5-7-9-11-13-15-17-19-21-23-24-25-26-27-28-30-31-33-35-37-39-41-43-45-52(55)59-49-51(50-61-63(57,58)60-48-47-54)62-53(56)46-44-42-40-38-36-34-32-29-22-20-18-16-14-12-10-8-6-4-2/h20,22,51H,3-19,21,23-50,54H2,1-2H3,(H,57,58)/b22-20-. The van der Waals surface area contributed by atoms with Gasteiger partial charge in [-0.25, -0.2) is 4.57 Å². The van der Waals surface area contributed by atoms with Crippen LogP contribution in [0.15, 0.2) is 12.2 Å². The van der Waals surface area contributed by atoms with E-state index in [9.17, 15) is 19.0 Å². The summed E-state index contributed by atoms with van der Waals surface area (Å²) in [5.74, 6) is -0.815. The molecular weight excluding hydrogens is 810 g/mol. The average Bonchev–Trinajstić information content (AvgIpc) is 3.27. The second kappa shape index (κ2) is 50.2. The van der Waals surface area contributed by atoms with Crippen LogP contribution in [0.3, 0.4) is 0 Å². The van der Waals surface area contributed by atoms with E-state index in [1.54, 1.807) is 0 Å². The molecule has 0 saturated carbocycles. The van der Waals surface area contributed by atoms with Crippen molar-refractivity contribution in [1.82, 2.24) is 0 Å². The minimum absolute atomic E-state index is 0.0558. The van der Waals surface area contributed by atoms with Crippen molar-refractivity contribution in [2.45, 2.75) is 290 Å². The molecular formula is C53H104NO8P. The summed E-state index contributed by atoms with van der Waals surface area (Å²) in [6.07, 6.45) is 55.4. The van der Waals surface area contributed by atoms with Gasteiger partial charge in [0.05, 0.1) is 13.2 Å². The first-order chi connectivity index (χ1) is 30.8. The molecule has 0 aromatic heterocycles. The van der Waals surface area contributed by atoms with Gasteiger partial charge in [0.2, 0.25) is 0 Å². The fraction of sp³-hybridized carbons (Fsp3) is 0.925. The molecule has 0 aliphatic carbocycles. The lowest BCUT2D eigenvalue weighted by molar-refractivity contribution is -0.161. The molecule has 10 heteroatoms. The summed E-state index contributed by atoms with van der Waals surface area (Å²) >= 11 is 0. The maximum Gasteiger partial charge on any atom is 0.472 e. The molecule has 2 unspecified atom stereocenters. The van der Waals surface area contributed by atoms with Crippen LogP contribution in [-0.2, 0) is 32.7 Å².